The molecule has 0 bridgehead atoms. The third-order valence-corrected chi connectivity index (χ3v) is 2.07. The molecule has 0 aromatic carbocycles. The highest BCUT2D eigenvalue weighted by Crippen LogP contribution is 2.07. The lowest BCUT2D eigenvalue weighted by Crippen LogP contribution is -2.33. The van der Waals surface area contributed by atoms with Crippen LogP contribution in [0.25, 0.3) is 0 Å². The molecule has 2 heteroatoms. The molecular formula is C9H14NO+. The summed E-state index contributed by atoms with van der Waals surface area (Å²) in [6.45, 7) is 6.25. The number of aliphatic hydroxyl groups is 1. The molecule has 1 heterocycles. The van der Waals surface area contributed by atoms with Crippen LogP contribution in [0.2, 0.25) is 0 Å². The van der Waals surface area contributed by atoms with E-state index in [4.69, 9.17) is 5.11 Å². The number of aryl methyl sites for hydroxylation is 2. The molecule has 0 amide bonds. The lowest BCUT2D eigenvalue weighted by molar-refractivity contribution is -0.730. The first kappa shape index (κ1) is 8.21. The summed E-state index contributed by atoms with van der Waals surface area (Å²) in [5.74, 6) is 0. The molecule has 0 saturated heterocycles. The maximum atomic E-state index is 8.84. The molecule has 0 atom stereocenters. The normalized spacial score (nSPS) is 10.2. The molecule has 2 nitrogen and oxygen atoms in total. The minimum atomic E-state index is 0.0575. The van der Waals surface area contributed by atoms with Gasteiger partial charge in [-0.05, 0) is 26.3 Å². The summed E-state index contributed by atoms with van der Waals surface area (Å²) in [6, 6.07) is 0. The topological polar surface area (TPSA) is 24.1 Å². The van der Waals surface area contributed by atoms with Crippen LogP contribution in [0.5, 0.6) is 0 Å². The van der Waals surface area contributed by atoms with E-state index in [9.17, 15) is 0 Å². The van der Waals surface area contributed by atoms with Crippen molar-refractivity contribution in [2.24, 2.45) is 0 Å². The van der Waals surface area contributed by atoms with Gasteiger partial charge in [0, 0.05) is 11.1 Å². The van der Waals surface area contributed by atoms with Crippen molar-refractivity contribution < 1.29 is 9.67 Å². The maximum Gasteiger partial charge on any atom is 0.250 e. The zero-order valence-electron chi connectivity index (χ0n) is 7.26. The highest BCUT2D eigenvalue weighted by atomic mass is 16.3. The molecule has 0 aliphatic heterocycles. The summed E-state index contributed by atoms with van der Waals surface area (Å²) in [7, 11) is 0. The van der Waals surface area contributed by atoms with Gasteiger partial charge in [0.1, 0.15) is 0 Å². The van der Waals surface area contributed by atoms with Crippen molar-refractivity contribution in [3.05, 3.63) is 29.1 Å². The highest BCUT2D eigenvalue weighted by molar-refractivity contribution is 5.25. The highest BCUT2D eigenvalue weighted by Gasteiger charge is 2.04. The monoisotopic (exact) mass is 152 g/mol. The Morgan fingerprint density at radius 3 is 2.00 bits per heavy atom. The second-order valence-electron chi connectivity index (χ2n) is 2.90. The third-order valence-electron chi connectivity index (χ3n) is 2.07. The predicted molar refractivity (Wildman–Crippen MR) is 43.1 cm³/mol. The smallest absolute Gasteiger partial charge is 0.250 e. The van der Waals surface area contributed by atoms with Gasteiger partial charge < -0.3 is 5.11 Å². The van der Waals surface area contributed by atoms with Crippen molar-refractivity contribution in [2.45, 2.75) is 27.5 Å². The van der Waals surface area contributed by atoms with Gasteiger partial charge in [-0.3, -0.25) is 0 Å². The quantitative estimate of drug-likeness (QED) is 0.593. The Kier molecular flexibility index (Phi) is 2.25. The number of nitrogens with zero attached hydrogens (tertiary/aromatic N) is 1. The van der Waals surface area contributed by atoms with Crippen molar-refractivity contribution in [1.82, 2.24) is 0 Å². The molecule has 0 radical (unpaired) electrons. The molecule has 1 rings (SSSR count). The Hall–Kier alpha value is -0.890. The third kappa shape index (κ3) is 1.57. The molecule has 1 N–H and O–H groups in total. The zero-order chi connectivity index (χ0) is 8.43. The number of pyridine rings is 1. The molecule has 0 aliphatic rings. The average molecular weight is 152 g/mol. The largest absolute Gasteiger partial charge is 0.339 e. The number of hydrogen-bond donors (Lipinski definition) is 1. The van der Waals surface area contributed by atoms with E-state index < -0.39 is 0 Å². The standard InChI is InChI=1S/C9H14NO/c1-7-4-10(6-11)5-8(2)9(7)3/h4-5,11H,6H2,1-3H3/q+1. The van der Waals surface area contributed by atoms with Gasteiger partial charge in [-0.15, -0.1) is 0 Å². The maximum absolute atomic E-state index is 8.84. The van der Waals surface area contributed by atoms with E-state index in [1.807, 2.05) is 12.4 Å². The van der Waals surface area contributed by atoms with Crippen LogP contribution in [-0.2, 0) is 6.73 Å². The summed E-state index contributed by atoms with van der Waals surface area (Å²) in [6.07, 6.45) is 3.89. The van der Waals surface area contributed by atoms with Gasteiger partial charge in [0.05, 0.1) is 0 Å². The van der Waals surface area contributed by atoms with Gasteiger partial charge in [-0.1, -0.05) is 0 Å². The Morgan fingerprint density at radius 1 is 1.18 bits per heavy atom. The van der Waals surface area contributed by atoms with E-state index in [1.165, 1.54) is 16.7 Å². The number of aliphatic hydroxyl groups excluding tert-OH is 1. The first-order chi connectivity index (χ1) is 5.15. The van der Waals surface area contributed by atoms with Crippen LogP contribution in [0, 0.1) is 20.8 Å². The Morgan fingerprint density at radius 2 is 1.64 bits per heavy atom. The molecule has 11 heavy (non-hydrogen) atoms. The van der Waals surface area contributed by atoms with E-state index in [0.717, 1.165) is 0 Å². The summed E-state index contributed by atoms with van der Waals surface area (Å²) in [5, 5.41) is 8.84. The van der Waals surface area contributed by atoms with Gasteiger partial charge in [-0.25, -0.2) is 0 Å². The summed E-state index contributed by atoms with van der Waals surface area (Å²) in [5.41, 5.74) is 3.74. The summed E-state index contributed by atoms with van der Waals surface area (Å²) < 4.78 is 1.78. The number of rotatable bonds is 1. The van der Waals surface area contributed by atoms with Crippen LogP contribution >= 0.6 is 0 Å². The minimum Gasteiger partial charge on any atom is -0.339 e. The van der Waals surface area contributed by atoms with Crippen molar-refractivity contribution in [3.63, 3.8) is 0 Å². The summed E-state index contributed by atoms with van der Waals surface area (Å²) in [4.78, 5) is 0. The molecule has 0 aliphatic carbocycles. The molecule has 1 aromatic heterocycles. The molecule has 0 saturated carbocycles. The van der Waals surface area contributed by atoms with Gasteiger partial charge in [0.15, 0.2) is 12.4 Å². The van der Waals surface area contributed by atoms with Crippen molar-refractivity contribution in [2.75, 3.05) is 0 Å². The molecule has 0 fully saturated rings. The fraction of sp³-hybridized carbons (Fsp3) is 0.444. The van der Waals surface area contributed by atoms with Crippen LogP contribution in [0.15, 0.2) is 12.4 Å². The van der Waals surface area contributed by atoms with Crippen molar-refractivity contribution in [3.8, 4) is 0 Å². The second-order valence-corrected chi connectivity index (χ2v) is 2.90. The van der Waals surface area contributed by atoms with Gasteiger partial charge in [0.25, 0.3) is 0 Å². The van der Waals surface area contributed by atoms with Gasteiger partial charge in [-0.2, -0.15) is 4.57 Å². The Labute approximate surface area is 67.1 Å². The zero-order valence-corrected chi connectivity index (χ0v) is 7.26. The second kappa shape index (κ2) is 3.01. The van der Waals surface area contributed by atoms with Crippen LogP contribution in [0.1, 0.15) is 16.7 Å². The van der Waals surface area contributed by atoms with E-state index in [-0.39, 0.29) is 6.73 Å². The van der Waals surface area contributed by atoms with Crippen LogP contribution in [0.3, 0.4) is 0 Å². The summed E-state index contributed by atoms with van der Waals surface area (Å²) >= 11 is 0. The van der Waals surface area contributed by atoms with Crippen molar-refractivity contribution >= 4 is 0 Å². The van der Waals surface area contributed by atoms with Gasteiger partial charge >= 0.3 is 0 Å². The van der Waals surface area contributed by atoms with Crippen molar-refractivity contribution in [1.29, 1.82) is 0 Å². The first-order valence-electron chi connectivity index (χ1n) is 3.73. The van der Waals surface area contributed by atoms with E-state index in [2.05, 4.69) is 20.8 Å². The van der Waals surface area contributed by atoms with Gasteiger partial charge in [0.2, 0.25) is 6.73 Å². The SMILES string of the molecule is Cc1c[n+](CO)cc(C)c1C. The molecule has 60 valence electrons. The molecule has 1 aromatic rings. The van der Waals surface area contributed by atoms with Crippen LogP contribution in [0.4, 0.5) is 0 Å². The average Bonchev–Trinajstić information content (AvgIpc) is 1.99. The van der Waals surface area contributed by atoms with Crippen LogP contribution < -0.4 is 4.57 Å². The Bertz CT molecular complexity index is 245. The minimum absolute atomic E-state index is 0.0575. The lowest BCUT2D eigenvalue weighted by Gasteiger charge is -2.01. The van der Waals surface area contributed by atoms with Crippen LogP contribution in [-0.4, -0.2) is 5.11 Å². The van der Waals surface area contributed by atoms with E-state index >= 15 is 0 Å². The molecular weight excluding hydrogens is 138 g/mol. The fourth-order valence-electron chi connectivity index (χ4n) is 1.12. The number of hydrogen-bond acceptors (Lipinski definition) is 1. The molecule has 0 unspecified atom stereocenters. The molecule has 0 spiro atoms. The lowest BCUT2D eigenvalue weighted by atomic mass is 10.1. The van der Waals surface area contributed by atoms with E-state index in [1.54, 1.807) is 4.57 Å². The first-order valence-corrected chi connectivity index (χ1v) is 3.73. The Balaban J connectivity index is 3.21. The fourth-order valence-corrected chi connectivity index (χ4v) is 1.12. The number of aromatic nitrogens is 1. The predicted octanol–water partition coefficient (Wildman–Crippen LogP) is 0.849. The van der Waals surface area contributed by atoms with E-state index in [0.29, 0.717) is 0 Å².